The van der Waals surface area contributed by atoms with E-state index in [2.05, 4.69) is 0 Å². The van der Waals surface area contributed by atoms with Crippen LogP contribution in [0.3, 0.4) is 0 Å². The second kappa shape index (κ2) is 3.84. The lowest BCUT2D eigenvalue weighted by Crippen LogP contribution is -2.22. The van der Waals surface area contributed by atoms with Crippen LogP contribution in [0.4, 0.5) is 10.1 Å². The molecule has 0 unspecified atom stereocenters. The van der Waals surface area contributed by atoms with Gasteiger partial charge < -0.3 is 10.3 Å². The largest absolute Gasteiger partial charge is 0.398 e. The summed E-state index contributed by atoms with van der Waals surface area (Å²) in [6.07, 6.45) is 3.30. The van der Waals surface area contributed by atoms with Gasteiger partial charge in [-0.2, -0.15) is 0 Å². The van der Waals surface area contributed by atoms with Crippen molar-refractivity contribution in [2.75, 3.05) is 5.73 Å². The van der Waals surface area contributed by atoms with Crippen LogP contribution >= 0.6 is 0 Å². The van der Waals surface area contributed by atoms with Crippen molar-refractivity contribution >= 4 is 5.69 Å². The van der Waals surface area contributed by atoms with Crippen molar-refractivity contribution in [2.24, 2.45) is 7.05 Å². The van der Waals surface area contributed by atoms with Crippen LogP contribution in [0.2, 0.25) is 0 Å². The lowest BCUT2D eigenvalue weighted by atomic mass is 10.2. The smallest absolute Gasteiger partial charge is 0.328 e. The van der Waals surface area contributed by atoms with Gasteiger partial charge in [-0.3, -0.25) is 4.57 Å². The Morgan fingerprint density at radius 1 is 1.38 bits per heavy atom. The van der Waals surface area contributed by atoms with Crippen molar-refractivity contribution in [3.05, 3.63) is 52.5 Å². The molecule has 0 aliphatic rings. The van der Waals surface area contributed by atoms with Gasteiger partial charge in [0.2, 0.25) is 0 Å². The molecule has 0 fully saturated rings. The number of hydrogen-bond donors (Lipinski definition) is 1. The SMILES string of the molecule is Cn1ccn(Cc2cc(F)ccc2N)c1=O. The number of rotatable bonds is 2. The Balaban J connectivity index is 2.37. The number of aryl methyl sites for hydroxylation is 1. The molecule has 0 atom stereocenters. The van der Waals surface area contributed by atoms with Gasteiger partial charge in [0.25, 0.3) is 0 Å². The molecule has 4 nitrogen and oxygen atoms in total. The molecule has 84 valence electrons. The highest BCUT2D eigenvalue weighted by molar-refractivity contribution is 5.46. The van der Waals surface area contributed by atoms with Gasteiger partial charge in [-0.25, -0.2) is 9.18 Å². The number of aromatic nitrogens is 2. The zero-order chi connectivity index (χ0) is 11.7. The molecule has 2 aromatic rings. The van der Waals surface area contributed by atoms with Gasteiger partial charge in [-0.1, -0.05) is 0 Å². The van der Waals surface area contributed by atoms with Crippen LogP contribution in [0.25, 0.3) is 0 Å². The topological polar surface area (TPSA) is 52.9 Å². The van der Waals surface area contributed by atoms with Crippen molar-refractivity contribution in [3.8, 4) is 0 Å². The molecule has 1 aromatic carbocycles. The van der Waals surface area contributed by atoms with E-state index in [-0.39, 0.29) is 18.1 Å². The summed E-state index contributed by atoms with van der Waals surface area (Å²) in [7, 11) is 1.66. The van der Waals surface area contributed by atoms with Crippen LogP contribution < -0.4 is 11.4 Å². The average Bonchev–Trinajstić information content (AvgIpc) is 2.55. The maximum Gasteiger partial charge on any atom is 0.328 e. The third kappa shape index (κ3) is 1.84. The number of hydrogen-bond acceptors (Lipinski definition) is 2. The fourth-order valence-electron chi connectivity index (χ4n) is 1.53. The minimum Gasteiger partial charge on any atom is -0.398 e. The maximum atomic E-state index is 13.0. The maximum absolute atomic E-state index is 13.0. The van der Waals surface area contributed by atoms with Crippen molar-refractivity contribution < 1.29 is 4.39 Å². The molecule has 1 heterocycles. The number of nitrogens with zero attached hydrogens (tertiary/aromatic N) is 2. The molecule has 2 rings (SSSR count). The van der Waals surface area contributed by atoms with Gasteiger partial charge in [-0.15, -0.1) is 0 Å². The molecule has 0 saturated carbocycles. The summed E-state index contributed by atoms with van der Waals surface area (Å²) < 4.78 is 15.9. The Morgan fingerprint density at radius 3 is 2.75 bits per heavy atom. The summed E-state index contributed by atoms with van der Waals surface area (Å²) in [4.78, 5) is 11.6. The van der Waals surface area contributed by atoms with Gasteiger partial charge >= 0.3 is 5.69 Å². The summed E-state index contributed by atoms with van der Waals surface area (Å²) >= 11 is 0. The third-order valence-electron chi connectivity index (χ3n) is 2.46. The van der Waals surface area contributed by atoms with Gasteiger partial charge in [0.05, 0.1) is 6.54 Å². The van der Waals surface area contributed by atoms with Crippen LogP contribution in [0, 0.1) is 5.82 Å². The Labute approximate surface area is 91.7 Å². The standard InChI is InChI=1S/C11H12FN3O/c1-14-4-5-15(11(14)16)7-8-6-9(12)2-3-10(8)13/h2-6H,7,13H2,1H3. The molecule has 0 saturated heterocycles. The van der Waals surface area contributed by atoms with E-state index in [1.165, 1.54) is 27.3 Å². The van der Waals surface area contributed by atoms with Crippen LogP contribution in [0.5, 0.6) is 0 Å². The summed E-state index contributed by atoms with van der Waals surface area (Å²) in [5.74, 6) is -0.354. The fraction of sp³-hybridized carbons (Fsp3) is 0.182. The Bertz CT molecular complexity index is 571. The van der Waals surface area contributed by atoms with E-state index in [4.69, 9.17) is 5.73 Å². The van der Waals surface area contributed by atoms with Crippen LogP contribution in [0.15, 0.2) is 35.4 Å². The molecule has 16 heavy (non-hydrogen) atoms. The molecule has 0 amide bonds. The number of imidazole rings is 1. The van der Waals surface area contributed by atoms with Crippen molar-refractivity contribution in [1.29, 1.82) is 0 Å². The van der Waals surface area contributed by atoms with Crippen LogP contribution in [0.1, 0.15) is 5.56 Å². The van der Waals surface area contributed by atoms with E-state index >= 15 is 0 Å². The van der Waals surface area contributed by atoms with E-state index in [1.807, 2.05) is 0 Å². The summed E-state index contributed by atoms with van der Waals surface area (Å²) in [5.41, 5.74) is 6.64. The number of benzene rings is 1. The molecule has 0 spiro atoms. The normalized spacial score (nSPS) is 10.6. The lowest BCUT2D eigenvalue weighted by Gasteiger charge is -2.05. The first-order chi connectivity index (χ1) is 7.58. The highest BCUT2D eigenvalue weighted by atomic mass is 19.1. The first kappa shape index (κ1) is 10.5. The molecule has 0 radical (unpaired) electrons. The number of halogens is 1. The second-order valence-electron chi connectivity index (χ2n) is 3.66. The molecular weight excluding hydrogens is 209 g/mol. The number of nitrogen functional groups attached to an aromatic ring is 1. The van der Waals surface area contributed by atoms with E-state index in [0.29, 0.717) is 11.3 Å². The molecule has 0 bridgehead atoms. The molecule has 5 heteroatoms. The monoisotopic (exact) mass is 221 g/mol. The Kier molecular flexibility index (Phi) is 2.52. The predicted octanol–water partition coefficient (Wildman–Crippen LogP) is 0.956. The third-order valence-corrected chi connectivity index (χ3v) is 2.46. The van der Waals surface area contributed by atoms with Gasteiger partial charge in [0, 0.05) is 25.1 Å². The number of anilines is 1. The molecule has 0 aliphatic carbocycles. The summed E-state index contributed by atoms with van der Waals surface area (Å²) in [6.45, 7) is 0.281. The quantitative estimate of drug-likeness (QED) is 0.768. The number of nitrogens with two attached hydrogens (primary N) is 1. The van der Waals surface area contributed by atoms with Gasteiger partial charge in [-0.05, 0) is 23.8 Å². The minimum absolute atomic E-state index is 0.149. The highest BCUT2D eigenvalue weighted by Gasteiger charge is 2.05. The first-order valence-electron chi connectivity index (χ1n) is 4.83. The Hall–Kier alpha value is -2.04. The lowest BCUT2D eigenvalue weighted by molar-refractivity contribution is 0.622. The second-order valence-corrected chi connectivity index (χ2v) is 3.66. The van der Waals surface area contributed by atoms with Crippen molar-refractivity contribution in [1.82, 2.24) is 9.13 Å². The van der Waals surface area contributed by atoms with Crippen molar-refractivity contribution in [2.45, 2.75) is 6.54 Å². The molecule has 1 aromatic heterocycles. The summed E-state index contributed by atoms with van der Waals surface area (Å²) in [5, 5.41) is 0. The van der Waals surface area contributed by atoms with Crippen molar-refractivity contribution in [3.63, 3.8) is 0 Å². The zero-order valence-corrected chi connectivity index (χ0v) is 8.85. The predicted molar refractivity (Wildman–Crippen MR) is 59.6 cm³/mol. The van der Waals surface area contributed by atoms with E-state index < -0.39 is 0 Å². The Morgan fingerprint density at radius 2 is 2.12 bits per heavy atom. The summed E-state index contributed by atoms with van der Waals surface area (Å²) in [6, 6.07) is 4.14. The van der Waals surface area contributed by atoms with E-state index in [0.717, 1.165) is 0 Å². The molecule has 2 N–H and O–H groups in total. The van der Waals surface area contributed by atoms with E-state index in [9.17, 15) is 9.18 Å². The average molecular weight is 221 g/mol. The van der Waals surface area contributed by atoms with Crippen LogP contribution in [-0.4, -0.2) is 9.13 Å². The van der Waals surface area contributed by atoms with Gasteiger partial charge in [0.15, 0.2) is 0 Å². The molecular formula is C11H12FN3O. The molecule has 0 aliphatic heterocycles. The van der Waals surface area contributed by atoms with E-state index in [1.54, 1.807) is 19.4 Å². The minimum atomic E-state index is -0.354. The fourth-order valence-corrected chi connectivity index (χ4v) is 1.53. The first-order valence-corrected chi connectivity index (χ1v) is 4.83. The zero-order valence-electron chi connectivity index (χ0n) is 8.85. The van der Waals surface area contributed by atoms with Gasteiger partial charge in [0.1, 0.15) is 5.82 Å². The highest BCUT2D eigenvalue weighted by Crippen LogP contribution is 2.13. The van der Waals surface area contributed by atoms with Crippen LogP contribution in [-0.2, 0) is 13.6 Å².